The number of aliphatic carboxylic acids is 1. The normalized spacial score (nSPS) is 20.7. The van der Waals surface area contributed by atoms with Crippen LogP contribution in [0, 0.1) is 11.7 Å². The van der Waals surface area contributed by atoms with E-state index in [-0.39, 0.29) is 44.5 Å². The number of nitrogens with one attached hydrogen (secondary N) is 2. The lowest BCUT2D eigenvalue weighted by molar-refractivity contribution is -0.142. The standard InChI is InChI=1S/C24H28FN3O5.CH4/c1-13-9-17-11-15(5-7-21(17)29)14-4-6-18(25)16(10-14)12-20(24(32)33)28-23(31)19(3-2-8-26)27-22(13)30;/h4-7,10-11,13,19-20,29H,2-3,8-9,12,26H2,1H3,(H,27,30)(H,28,31)(H,32,33);1H4/t13-,19-,20-;/m0./s1. The molecule has 184 valence electrons. The number of phenols is 1. The quantitative estimate of drug-likeness (QED) is 0.462. The fraction of sp³-hybridized carbons (Fsp3) is 0.400. The highest BCUT2D eigenvalue weighted by molar-refractivity contribution is 5.91. The van der Waals surface area contributed by atoms with E-state index in [1.807, 2.05) is 0 Å². The molecule has 3 rings (SSSR count). The van der Waals surface area contributed by atoms with Crippen LogP contribution in [0.2, 0.25) is 0 Å². The number of hydrogen-bond donors (Lipinski definition) is 5. The predicted octanol–water partition coefficient (Wildman–Crippen LogP) is 2.36. The monoisotopic (exact) mass is 473 g/mol. The van der Waals surface area contributed by atoms with Gasteiger partial charge < -0.3 is 26.6 Å². The van der Waals surface area contributed by atoms with Crippen molar-refractivity contribution < 1.29 is 29.0 Å². The Kier molecular flexibility index (Phi) is 9.14. The molecule has 2 amide bonds. The molecule has 1 aliphatic rings. The lowest BCUT2D eigenvalue weighted by Crippen LogP contribution is -2.53. The topological polar surface area (TPSA) is 142 Å². The second kappa shape index (κ2) is 11.6. The van der Waals surface area contributed by atoms with Crippen molar-refractivity contribution in [2.75, 3.05) is 6.54 Å². The highest BCUT2D eigenvalue weighted by Gasteiger charge is 2.29. The molecule has 2 aromatic carbocycles. The predicted molar refractivity (Wildman–Crippen MR) is 127 cm³/mol. The molecular weight excluding hydrogens is 441 g/mol. The molecule has 1 heterocycles. The summed E-state index contributed by atoms with van der Waals surface area (Å²) in [5.41, 5.74) is 7.51. The number of benzene rings is 2. The molecule has 3 atom stereocenters. The van der Waals surface area contributed by atoms with Gasteiger partial charge in [0.2, 0.25) is 11.8 Å². The minimum Gasteiger partial charge on any atom is -0.508 e. The Labute approximate surface area is 198 Å². The number of carbonyl (C=O) groups excluding carboxylic acids is 2. The second-order valence-corrected chi connectivity index (χ2v) is 8.35. The molecule has 1 aliphatic heterocycles. The average Bonchev–Trinajstić information content (AvgIpc) is 2.78. The van der Waals surface area contributed by atoms with Crippen molar-refractivity contribution in [3.8, 4) is 16.9 Å². The third-order valence-corrected chi connectivity index (χ3v) is 5.80. The molecule has 0 aliphatic carbocycles. The fourth-order valence-corrected chi connectivity index (χ4v) is 3.86. The number of carboxylic acids is 1. The first-order valence-corrected chi connectivity index (χ1v) is 10.8. The van der Waals surface area contributed by atoms with Crippen LogP contribution in [0.15, 0.2) is 36.4 Å². The number of rotatable bonds is 4. The summed E-state index contributed by atoms with van der Waals surface area (Å²) in [5.74, 6) is -3.56. The van der Waals surface area contributed by atoms with E-state index < -0.39 is 41.6 Å². The number of aromatic hydroxyl groups is 1. The molecule has 9 heteroatoms. The largest absolute Gasteiger partial charge is 0.508 e. The maximum Gasteiger partial charge on any atom is 0.326 e. The third kappa shape index (κ3) is 6.32. The van der Waals surface area contributed by atoms with Gasteiger partial charge in [-0.2, -0.15) is 0 Å². The zero-order valence-corrected chi connectivity index (χ0v) is 18.3. The molecule has 34 heavy (non-hydrogen) atoms. The number of halogens is 1. The van der Waals surface area contributed by atoms with Crippen LogP contribution in [0.4, 0.5) is 4.39 Å². The van der Waals surface area contributed by atoms with Crippen LogP contribution < -0.4 is 16.4 Å². The van der Waals surface area contributed by atoms with E-state index in [1.54, 1.807) is 25.1 Å². The van der Waals surface area contributed by atoms with Gasteiger partial charge in [0, 0.05) is 12.3 Å². The molecule has 0 saturated heterocycles. The van der Waals surface area contributed by atoms with Crippen molar-refractivity contribution >= 4 is 17.8 Å². The van der Waals surface area contributed by atoms with Crippen LogP contribution >= 0.6 is 0 Å². The minimum atomic E-state index is -1.39. The summed E-state index contributed by atoms with van der Waals surface area (Å²) in [6.07, 6.45) is 0.587. The molecule has 0 unspecified atom stereocenters. The zero-order chi connectivity index (χ0) is 24.1. The molecular formula is C25H32FN3O5. The van der Waals surface area contributed by atoms with Crippen LogP contribution in [-0.4, -0.2) is 46.6 Å². The second-order valence-electron chi connectivity index (χ2n) is 8.35. The SMILES string of the molecule is C.C[C@H]1Cc2cc(ccc2O)-c2ccc(F)c(c2)C[C@@H](C(=O)O)NC(=O)[C@H](CCCN)NC1=O. The van der Waals surface area contributed by atoms with Gasteiger partial charge in [0.15, 0.2) is 0 Å². The van der Waals surface area contributed by atoms with Crippen molar-refractivity contribution in [2.45, 2.75) is 52.1 Å². The van der Waals surface area contributed by atoms with Gasteiger partial charge in [-0.15, -0.1) is 0 Å². The first-order chi connectivity index (χ1) is 15.7. The average molecular weight is 474 g/mol. The number of fused-ring (bicyclic) bond motifs is 5. The van der Waals surface area contributed by atoms with Gasteiger partial charge in [-0.05, 0) is 72.3 Å². The Balaban J connectivity index is 0.00000408. The molecule has 4 bridgehead atoms. The Bertz CT molecular complexity index is 1060. The van der Waals surface area contributed by atoms with Crippen molar-refractivity contribution in [3.63, 3.8) is 0 Å². The van der Waals surface area contributed by atoms with Crippen molar-refractivity contribution in [3.05, 3.63) is 53.3 Å². The van der Waals surface area contributed by atoms with Crippen molar-refractivity contribution in [1.29, 1.82) is 0 Å². The Morgan fingerprint density at radius 1 is 1.06 bits per heavy atom. The van der Waals surface area contributed by atoms with E-state index in [2.05, 4.69) is 10.6 Å². The summed E-state index contributed by atoms with van der Waals surface area (Å²) >= 11 is 0. The molecule has 8 nitrogen and oxygen atoms in total. The zero-order valence-electron chi connectivity index (χ0n) is 18.3. The molecule has 6 N–H and O–H groups in total. The summed E-state index contributed by atoms with van der Waals surface area (Å²) in [6.45, 7) is 1.96. The number of carboxylic acid groups (broad SMARTS) is 1. The molecule has 0 aromatic heterocycles. The van der Waals surface area contributed by atoms with Gasteiger partial charge in [0.25, 0.3) is 0 Å². The molecule has 0 spiro atoms. The maximum atomic E-state index is 14.5. The number of carbonyl (C=O) groups is 3. The van der Waals surface area contributed by atoms with Gasteiger partial charge in [0.1, 0.15) is 23.7 Å². The smallest absolute Gasteiger partial charge is 0.326 e. The minimum absolute atomic E-state index is 0. The molecule has 0 fully saturated rings. The van der Waals surface area contributed by atoms with Crippen molar-refractivity contribution in [2.24, 2.45) is 11.7 Å². The summed E-state index contributed by atoms with van der Waals surface area (Å²) < 4.78 is 14.5. The number of hydrogen-bond acceptors (Lipinski definition) is 5. The summed E-state index contributed by atoms with van der Waals surface area (Å²) in [7, 11) is 0. The molecule has 0 radical (unpaired) electrons. The fourth-order valence-electron chi connectivity index (χ4n) is 3.86. The van der Waals surface area contributed by atoms with E-state index in [0.29, 0.717) is 23.1 Å². The van der Waals surface area contributed by atoms with Gasteiger partial charge in [-0.3, -0.25) is 9.59 Å². The van der Waals surface area contributed by atoms with Crippen LogP contribution in [0.5, 0.6) is 5.75 Å². The first-order valence-electron chi connectivity index (χ1n) is 10.8. The highest BCUT2D eigenvalue weighted by atomic mass is 19.1. The van der Waals surface area contributed by atoms with E-state index in [0.717, 1.165) is 0 Å². The molecule has 0 saturated carbocycles. The van der Waals surface area contributed by atoms with Gasteiger partial charge in [-0.1, -0.05) is 26.5 Å². The van der Waals surface area contributed by atoms with E-state index in [4.69, 9.17) is 5.73 Å². The van der Waals surface area contributed by atoms with Crippen LogP contribution in [0.25, 0.3) is 11.1 Å². The Morgan fingerprint density at radius 2 is 1.71 bits per heavy atom. The van der Waals surface area contributed by atoms with Gasteiger partial charge >= 0.3 is 5.97 Å². The van der Waals surface area contributed by atoms with E-state index >= 15 is 0 Å². The van der Waals surface area contributed by atoms with Gasteiger partial charge in [-0.25, -0.2) is 9.18 Å². The van der Waals surface area contributed by atoms with Crippen LogP contribution in [0.1, 0.15) is 38.3 Å². The first kappa shape index (κ1) is 26.8. The lowest BCUT2D eigenvalue weighted by atomic mass is 9.94. The lowest BCUT2D eigenvalue weighted by Gasteiger charge is -2.23. The van der Waals surface area contributed by atoms with Gasteiger partial charge in [0.05, 0.1) is 0 Å². The Hall–Kier alpha value is -3.46. The number of phenolic OH excluding ortho intramolecular Hbond substituents is 1. The summed E-state index contributed by atoms with van der Waals surface area (Å²) in [5, 5.41) is 25.1. The highest BCUT2D eigenvalue weighted by Crippen LogP contribution is 2.29. The van der Waals surface area contributed by atoms with E-state index in [1.165, 1.54) is 18.2 Å². The summed E-state index contributed by atoms with van der Waals surface area (Å²) in [4.78, 5) is 37.5. The molecule has 2 aromatic rings. The summed E-state index contributed by atoms with van der Waals surface area (Å²) in [6, 6.07) is 6.84. The third-order valence-electron chi connectivity index (χ3n) is 5.80. The van der Waals surface area contributed by atoms with Crippen LogP contribution in [0.3, 0.4) is 0 Å². The van der Waals surface area contributed by atoms with E-state index in [9.17, 15) is 29.0 Å². The van der Waals surface area contributed by atoms with Crippen LogP contribution in [-0.2, 0) is 27.2 Å². The number of amides is 2. The maximum absolute atomic E-state index is 14.5. The Morgan fingerprint density at radius 3 is 2.35 bits per heavy atom. The number of nitrogens with two attached hydrogens (primary N) is 1. The van der Waals surface area contributed by atoms with Crippen molar-refractivity contribution in [1.82, 2.24) is 10.6 Å².